The van der Waals surface area contributed by atoms with Crippen molar-refractivity contribution in [2.24, 2.45) is 5.92 Å². The number of carbonyl (C=O) groups is 1. The van der Waals surface area contributed by atoms with E-state index in [1.54, 1.807) is 0 Å². The summed E-state index contributed by atoms with van der Waals surface area (Å²) in [5.41, 5.74) is -0.436. The van der Waals surface area contributed by atoms with E-state index < -0.39 is 5.54 Å². The molecule has 16 heavy (non-hydrogen) atoms. The number of carbonyl (C=O) groups excluding carboxylic acids is 1. The topological polar surface area (TPSA) is 32.3 Å². The lowest BCUT2D eigenvalue weighted by Crippen LogP contribution is -2.57. The summed E-state index contributed by atoms with van der Waals surface area (Å²) in [6.07, 6.45) is 2.28. The highest BCUT2D eigenvalue weighted by Crippen LogP contribution is 2.19. The zero-order chi connectivity index (χ0) is 12.3. The van der Waals surface area contributed by atoms with Gasteiger partial charge in [-0.25, -0.2) is 0 Å². The minimum absolute atomic E-state index is 0.244. The molecule has 1 heterocycles. The Balaban J connectivity index is 2.56. The Morgan fingerprint density at radius 2 is 1.81 bits per heavy atom. The normalized spacial score (nSPS) is 19.2. The van der Waals surface area contributed by atoms with Crippen molar-refractivity contribution in [1.82, 2.24) is 10.2 Å². The number of hydrogen-bond donors (Lipinski definition) is 1. The highest BCUT2D eigenvalue weighted by molar-refractivity contribution is 5.85. The number of rotatable bonds is 3. The van der Waals surface area contributed by atoms with Crippen LogP contribution in [-0.4, -0.2) is 35.5 Å². The van der Waals surface area contributed by atoms with Crippen molar-refractivity contribution in [2.75, 3.05) is 13.1 Å². The second-order valence-corrected chi connectivity index (χ2v) is 5.90. The van der Waals surface area contributed by atoms with Crippen LogP contribution in [0.2, 0.25) is 0 Å². The molecule has 0 bridgehead atoms. The first-order valence-corrected chi connectivity index (χ1v) is 6.40. The van der Waals surface area contributed by atoms with E-state index in [1.165, 1.54) is 0 Å². The Morgan fingerprint density at radius 1 is 1.31 bits per heavy atom. The maximum Gasteiger partial charge on any atom is 0.242 e. The molecule has 1 saturated heterocycles. The minimum atomic E-state index is -0.436. The van der Waals surface area contributed by atoms with Gasteiger partial charge in [0.1, 0.15) is 0 Å². The molecule has 3 heteroatoms. The van der Waals surface area contributed by atoms with E-state index in [1.807, 2.05) is 18.7 Å². The van der Waals surface area contributed by atoms with Gasteiger partial charge in [-0.2, -0.15) is 0 Å². The summed E-state index contributed by atoms with van der Waals surface area (Å²) in [7, 11) is 0. The second-order valence-electron chi connectivity index (χ2n) is 5.90. The molecular formula is C13H26N2O. The number of amides is 1. The predicted molar refractivity (Wildman–Crippen MR) is 67.3 cm³/mol. The Labute approximate surface area is 99.6 Å². The minimum Gasteiger partial charge on any atom is -0.341 e. The van der Waals surface area contributed by atoms with E-state index in [0.29, 0.717) is 6.04 Å². The van der Waals surface area contributed by atoms with Crippen molar-refractivity contribution < 1.29 is 4.79 Å². The molecule has 1 aliphatic heterocycles. The smallest absolute Gasteiger partial charge is 0.242 e. The van der Waals surface area contributed by atoms with Crippen molar-refractivity contribution in [1.29, 1.82) is 0 Å². The molecule has 0 spiro atoms. The fraction of sp³-hybridized carbons (Fsp3) is 0.923. The largest absolute Gasteiger partial charge is 0.341 e. The van der Waals surface area contributed by atoms with Gasteiger partial charge in [0.15, 0.2) is 0 Å². The van der Waals surface area contributed by atoms with E-state index >= 15 is 0 Å². The molecule has 0 saturated carbocycles. The Hall–Kier alpha value is -0.570. The third-order valence-electron chi connectivity index (χ3n) is 3.26. The van der Waals surface area contributed by atoms with Crippen LogP contribution in [-0.2, 0) is 4.79 Å². The first-order chi connectivity index (χ1) is 7.33. The van der Waals surface area contributed by atoms with Gasteiger partial charge in [0.25, 0.3) is 0 Å². The fourth-order valence-electron chi connectivity index (χ4n) is 2.39. The number of piperidine rings is 1. The van der Waals surface area contributed by atoms with Gasteiger partial charge in [-0.3, -0.25) is 4.79 Å². The molecule has 0 radical (unpaired) electrons. The lowest BCUT2D eigenvalue weighted by atomic mass is 9.96. The quantitative estimate of drug-likeness (QED) is 0.798. The van der Waals surface area contributed by atoms with Gasteiger partial charge < -0.3 is 10.2 Å². The van der Waals surface area contributed by atoms with E-state index in [9.17, 15) is 4.79 Å². The predicted octanol–water partition coefficient (Wildman–Crippen LogP) is 2.02. The lowest BCUT2D eigenvalue weighted by molar-refractivity contribution is -0.138. The SMILES string of the molecule is CC1CCN(C(=O)C(C)(C)NC(C)C)CC1. The molecule has 1 fully saturated rings. The van der Waals surface area contributed by atoms with Crippen molar-refractivity contribution in [3.05, 3.63) is 0 Å². The standard InChI is InChI=1S/C13H26N2O/c1-10(2)14-13(4,5)12(16)15-8-6-11(3)7-9-15/h10-11,14H,6-9H2,1-5H3. The highest BCUT2D eigenvalue weighted by atomic mass is 16.2. The summed E-state index contributed by atoms with van der Waals surface area (Å²) >= 11 is 0. The van der Waals surface area contributed by atoms with Crippen LogP contribution in [0, 0.1) is 5.92 Å². The molecule has 0 aromatic heterocycles. The maximum atomic E-state index is 12.3. The molecular weight excluding hydrogens is 200 g/mol. The van der Waals surface area contributed by atoms with Gasteiger partial charge in [-0.15, -0.1) is 0 Å². The summed E-state index contributed by atoms with van der Waals surface area (Å²) < 4.78 is 0. The third kappa shape index (κ3) is 3.48. The van der Waals surface area contributed by atoms with Gasteiger partial charge in [0.2, 0.25) is 5.91 Å². The van der Waals surface area contributed by atoms with Crippen LogP contribution in [0.25, 0.3) is 0 Å². The summed E-state index contributed by atoms with van der Waals surface area (Å²) in [5, 5.41) is 3.34. The highest BCUT2D eigenvalue weighted by Gasteiger charge is 2.33. The summed E-state index contributed by atoms with van der Waals surface area (Å²) in [6.45, 7) is 12.2. The van der Waals surface area contributed by atoms with Crippen LogP contribution in [0.15, 0.2) is 0 Å². The van der Waals surface area contributed by atoms with Crippen LogP contribution in [0.3, 0.4) is 0 Å². The van der Waals surface area contributed by atoms with Crippen LogP contribution in [0.4, 0.5) is 0 Å². The van der Waals surface area contributed by atoms with Crippen LogP contribution in [0.5, 0.6) is 0 Å². The molecule has 1 amide bonds. The zero-order valence-corrected chi connectivity index (χ0v) is 11.3. The summed E-state index contributed by atoms with van der Waals surface area (Å²) in [4.78, 5) is 14.3. The summed E-state index contributed by atoms with van der Waals surface area (Å²) in [5.74, 6) is 1.01. The van der Waals surface area contributed by atoms with E-state index in [0.717, 1.165) is 31.8 Å². The van der Waals surface area contributed by atoms with Gasteiger partial charge >= 0.3 is 0 Å². The van der Waals surface area contributed by atoms with Gasteiger partial charge in [-0.1, -0.05) is 6.92 Å². The molecule has 94 valence electrons. The first kappa shape index (κ1) is 13.5. The van der Waals surface area contributed by atoms with Crippen molar-refractivity contribution in [2.45, 2.75) is 59.0 Å². The molecule has 1 aliphatic rings. The first-order valence-electron chi connectivity index (χ1n) is 6.40. The summed E-state index contributed by atoms with van der Waals surface area (Å²) in [6, 6.07) is 0.336. The van der Waals surface area contributed by atoms with Crippen molar-refractivity contribution >= 4 is 5.91 Å². The van der Waals surface area contributed by atoms with E-state index in [-0.39, 0.29) is 5.91 Å². The second kappa shape index (κ2) is 5.17. The fourth-order valence-corrected chi connectivity index (χ4v) is 2.39. The van der Waals surface area contributed by atoms with Crippen LogP contribution in [0.1, 0.15) is 47.5 Å². The molecule has 1 N–H and O–H groups in total. The van der Waals surface area contributed by atoms with Gasteiger partial charge in [0.05, 0.1) is 5.54 Å². The molecule has 3 nitrogen and oxygen atoms in total. The van der Waals surface area contributed by atoms with Gasteiger partial charge in [0, 0.05) is 19.1 Å². The van der Waals surface area contributed by atoms with Gasteiger partial charge in [-0.05, 0) is 46.5 Å². The lowest BCUT2D eigenvalue weighted by Gasteiger charge is -2.37. The molecule has 1 rings (SSSR count). The number of likely N-dealkylation sites (tertiary alicyclic amines) is 1. The van der Waals surface area contributed by atoms with E-state index in [2.05, 4.69) is 26.1 Å². The van der Waals surface area contributed by atoms with Crippen LogP contribution < -0.4 is 5.32 Å². The average molecular weight is 226 g/mol. The molecule has 0 aliphatic carbocycles. The number of nitrogens with zero attached hydrogens (tertiary/aromatic N) is 1. The molecule has 0 aromatic rings. The molecule has 0 unspecified atom stereocenters. The molecule has 0 aromatic carbocycles. The number of hydrogen-bond acceptors (Lipinski definition) is 2. The Morgan fingerprint density at radius 3 is 2.25 bits per heavy atom. The average Bonchev–Trinajstić information content (AvgIpc) is 2.16. The number of nitrogens with one attached hydrogen (secondary N) is 1. The Kier molecular flexibility index (Phi) is 4.36. The van der Waals surface area contributed by atoms with E-state index in [4.69, 9.17) is 0 Å². The Bertz CT molecular complexity index is 240. The third-order valence-corrected chi connectivity index (χ3v) is 3.26. The zero-order valence-electron chi connectivity index (χ0n) is 11.3. The van der Waals surface area contributed by atoms with Crippen molar-refractivity contribution in [3.63, 3.8) is 0 Å². The van der Waals surface area contributed by atoms with Crippen LogP contribution >= 0.6 is 0 Å². The maximum absolute atomic E-state index is 12.3. The molecule has 0 atom stereocenters. The monoisotopic (exact) mass is 226 g/mol. The van der Waals surface area contributed by atoms with Crippen molar-refractivity contribution in [3.8, 4) is 0 Å².